The molecule has 0 bridgehead atoms. The second-order valence-corrected chi connectivity index (χ2v) is 4.46. The lowest BCUT2D eigenvalue weighted by Crippen LogP contribution is -2.53. The predicted molar refractivity (Wildman–Crippen MR) is 60.4 cm³/mol. The van der Waals surface area contributed by atoms with Crippen LogP contribution < -0.4 is 0 Å². The molecule has 18 heavy (non-hydrogen) atoms. The number of aromatic nitrogens is 1. The van der Waals surface area contributed by atoms with E-state index < -0.39 is 17.8 Å². The molecule has 1 saturated heterocycles. The van der Waals surface area contributed by atoms with Crippen molar-refractivity contribution < 1.29 is 19.1 Å². The summed E-state index contributed by atoms with van der Waals surface area (Å²) in [5, 5.41) is 8.83. The number of carboxylic acid groups (broad SMARTS) is 1. The van der Waals surface area contributed by atoms with Crippen LogP contribution >= 0.6 is 0 Å². The smallest absolute Gasteiger partial charge is 0.306 e. The highest BCUT2D eigenvalue weighted by Gasteiger charge is 2.37. The van der Waals surface area contributed by atoms with Crippen molar-refractivity contribution in [2.24, 2.45) is 11.8 Å². The van der Waals surface area contributed by atoms with E-state index in [1.54, 1.807) is 6.92 Å². The molecule has 1 amide bonds. The summed E-state index contributed by atoms with van der Waals surface area (Å²) in [5.74, 6) is -2.34. The quantitative estimate of drug-likeness (QED) is 0.815. The van der Waals surface area contributed by atoms with Gasteiger partial charge in [0.2, 0.25) is 5.95 Å². The SMILES string of the molecule is CC(C(=O)O)C1CN(C(=O)c2ccnc(F)c2)C1. The van der Waals surface area contributed by atoms with Crippen LogP contribution in [0, 0.1) is 17.8 Å². The minimum Gasteiger partial charge on any atom is -0.481 e. The Balaban J connectivity index is 1.96. The Hall–Kier alpha value is -1.98. The van der Waals surface area contributed by atoms with Gasteiger partial charge in [0.25, 0.3) is 5.91 Å². The summed E-state index contributed by atoms with van der Waals surface area (Å²) in [6, 6.07) is 2.52. The average Bonchev–Trinajstić information content (AvgIpc) is 2.26. The largest absolute Gasteiger partial charge is 0.481 e. The number of halogens is 1. The van der Waals surface area contributed by atoms with Crippen molar-refractivity contribution in [2.75, 3.05) is 13.1 Å². The Kier molecular flexibility index (Phi) is 3.27. The second-order valence-electron chi connectivity index (χ2n) is 4.46. The first-order valence-corrected chi connectivity index (χ1v) is 5.62. The summed E-state index contributed by atoms with van der Waals surface area (Å²) in [7, 11) is 0. The van der Waals surface area contributed by atoms with Gasteiger partial charge in [0.05, 0.1) is 5.92 Å². The van der Waals surface area contributed by atoms with Gasteiger partial charge in [0.1, 0.15) is 0 Å². The monoisotopic (exact) mass is 252 g/mol. The third-order valence-electron chi connectivity index (χ3n) is 3.27. The first-order chi connectivity index (χ1) is 8.49. The van der Waals surface area contributed by atoms with Crippen LogP contribution in [-0.4, -0.2) is 40.0 Å². The molecule has 1 unspecified atom stereocenters. The van der Waals surface area contributed by atoms with Crippen LogP contribution in [-0.2, 0) is 4.79 Å². The van der Waals surface area contributed by atoms with Crippen molar-refractivity contribution in [1.29, 1.82) is 0 Å². The molecule has 1 aromatic rings. The van der Waals surface area contributed by atoms with Crippen molar-refractivity contribution >= 4 is 11.9 Å². The molecule has 96 valence electrons. The van der Waals surface area contributed by atoms with Crippen molar-refractivity contribution in [1.82, 2.24) is 9.88 Å². The van der Waals surface area contributed by atoms with Gasteiger partial charge in [0.15, 0.2) is 0 Å². The lowest BCUT2D eigenvalue weighted by Gasteiger charge is -2.41. The fourth-order valence-corrected chi connectivity index (χ4v) is 1.91. The van der Waals surface area contributed by atoms with Crippen molar-refractivity contribution in [3.63, 3.8) is 0 Å². The van der Waals surface area contributed by atoms with E-state index in [0.717, 1.165) is 6.07 Å². The van der Waals surface area contributed by atoms with Crippen LogP contribution in [0.15, 0.2) is 18.3 Å². The molecule has 2 heterocycles. The van der Waals surface area contributed by atoms with E-state index in [2.05, 4.69) is 4.98 Å². The molecule has 0 aliphatic carbocycles. The zero-order valence-electron chi connectivity index (χ0n) is 9.84. The normalized spacial score (nSPS) is 17.1. The van der Waals surface area contributed by atoms with Crippen LogP contribution in [0.25, 0.3) is 0 Å². The average molecular weight is 252 g/mol. The third kappa shape index (κ3) is 2.32. The van der Waals surface area contributed by atoms with Gasteiger partial charge in [-0.25, -0.2) is 4.98 Å². The molecular formula is C12H13FN2O3. The standard InChI is InChI=1S/C12H13FN2O3/c1-7(12(17)18)9-5-15(6-9)11(16)8-2-3-14-10(13)4-8/h2-4,7,9H,5-6H2,1H3,(H,17,18). The van der Waals surface area contributed by atoms with Crippen LogP contribution in [0.1, 0.15) is 17.3 Å². The van der Waals surface area contributed by atoms with E-state index in [-0.39, 0.29) is 17.4 Å². The summed E-state index contributed by atoms with van der Waals surface area (Å²) in [5.41, 5.74) is 0.240. The molecule has 0 aromatic carbocycles. The molecule has 1 N–H and O–H groups in total. The molecular weight excluding hydrogens is 239 g/mol. The fourth-order valence-electron chi connectivity index (χ4n) is 1.91. The Morgan fingerprint density at radius 3 is 2.78 bits per heavy atom. The van der Waals surface area contributed by atoms with Gasteiger partial charge in [-0.05, 0) is 6.07 Å². The molecule has 6 heteroatoms. The molecule has 1 atom stereocenters. The van der Waals surface area contributed by atoms with Crippen molar-refractivity contribution in [2.45, 2.75) is 6.92 Å². The Labute approximate surface area is 103 Å². The highest BCUT2D eigenvalue weighted by atomic mass is 19.1. The Morgan fingerprint density at radius 1 is 1.56 bits per heavy atom. The number of aliphatic carboxylic acids is 1. The van der Waals surface area contributed by atoms with Crippen molar-refractivity contribution in [3.8, 4) is 0 Å². The van der Waals surface area contributed by atoms with E-state index in [9.17, 15) is 14.0 Å². The maximum absolute atomic E-state index is 12.9. The topological polar surface area (TPSA) is 70.5 Å². The van der Waals surface area contributed by atoms with Gasteiger partial charge in [-0.3, -0.25) is 9.59 Å². The number of pyridine rings is 1. The van der Waals surface area contributed by atoms with E-state index in [1.807, 2.05) is 0 Å². The predicted octanol–water partition coefficient (Wildman–Crippen LogP) is 1.01. The first kappa shape index (κ1) is 12.5. The minimum absolute atomic E-state index is 0.0295. The number of hydrogen-bond donors (Lipinski definition) is 1. The third-order valence-corrected chi connectivity index (χ3v) is 3.27. The first-order valence-electron chi connectivity index (χ1n) is 5.62. The maximum atomic E-state index is 12.9. The summed E-state index contributed by atoms with van der Waals surface area (Å²) < 4.78 is 12.9. The second kappa shape index (κ2) is 4.72. The molecule has 0 spiro atoms. The highest BCUT2D eigenvalue weighted by molar-refractivity contribution is 5.94. The molecule has 1 fully saturated rings. The summed E-state index contributed by atoms with van der Waals surface area (Å²) >= 11 is 0. The fraction of sp³-hybridized carbons (Fsp3) is 0.417. The molecule has 5 nitrogen and oxygen atoms in total. The lowest BCUT2D eigenvalue weighted by atomic mass is 9.86. The number of carboxylic acids is 1. The lowest BCUT2D eigenvalue weighted by molar-refractivity contribution is -0.144. The summed E-state index contributed by atoms with van der Waals surface area (Å²) in [4.78, 5) is 27.6. The van der Waals surface area contributed by atoms with Gasteiger partial charge in [-0.1, -0.05) is 6.92 Å². The molecule has 1 aliphatic heterocycles. The number of hydrogen-bond acceptors (Lipinski definition) is 3. The Bertz CT molecular complexity index is 486. The zero-order chi connectivity index (χ0) is 13.3. The zero-order valence-corrected chi connectivity index (χ0v) is 9.84. The molecule has 1 aliphatic rings. The number of amides is 1. The number of likely N-dealkylation sites (tertiary alicyclic amines) is 1. The van der Waals surface area contributed by atoms with Crippen LogP contribution in [0.4, 0.5) is 4.39 Å². The van der Waals surface area contributed by atoms with Gasteiger partial charge in [0, 0.05) is 36.8 Å². The van der Waals surface area contributed by atoms with E-state index >= 15 is 0 Å². The highest BCUT2D eigenvalue weighted by Crippen LogP contribution is 2.25. The van der Waals surface area contributed by atoms with E-state index in [0.29, 0.717) is 13.1 Å². The molecule has 0 saturated carbocycles. The number of rotatable bonds is 3. The maximum Gasteiger partial charge on any atom is 0.306 e. The van der Waals surface area contributed by atoms with Gasteiger partial charge >= 0.3 is 5.97 Å². The minimum atomic E-state index is -0.859. The Morgan fingerprint density at radius 2 is 2.22 bits per heavy atom. The summed E-state index contributed by atoms with van der Waals surface area (Å²) in [6.07, 6.45) is 1.24. The molecule has 0 radical (unpaired) electrons. The number of carbonyl (C=O) groups excluding carboxylic acids is 1. The summed E-state index contributed by atoms with van der Waals surface area (Å²) in [6.45, 7) is 2.42. The molecule has 2 rings (SSSR count). The number of nitrogens with zero attached hydrogens (tertiary/aromatic N) is 2. The van der Waals surface area contributed by atoms with Crippen LogP contribution in [0.3, 0.4) is 0 Å². The van der Waals surface area contributed by atoms with Crippen LogP contribution in [0.2, 0.25) is 0 Å². The van der Waals surface area contributed by atoms with Crippen LogP contribution in [0.5, 0.6) is 0 Å². The van der Waals surface area contributed by atoms with E-state index in [1.165, 1.54) is 17.2 Å². The van der Waals surface area contributed by atoms with Crippen molar-refractivity contribution in [3.05, 3.63) is 29.8 Å². The van der Waals surface area contributed by atoms with Gasteiger partial charge in [-0.2, -0.15) is 4.39 Å². The van der Waals surface area contributed by atoms with Gasteiger partial charge < -0.3 is 10.0 Å². The van der Waals surface area contributed by atoms with Gasteiger partial charge in [-0.15, -0.1) is 0 Å². The molecule has 1 aromatic heterocycles. The number of carbonyl (C=O) groups is 2. The van der Waals surface area contributed by atoms with E-state index in [4.69, 9.17) is 5.11 Å².